The van der Waals surface area contributed by atoms with Gasteiger partial charge in [-0.25, -0.2) is 0 Å². The molecule has 0 saturated carbocycles. The van der Waals surface area contributed by atoms with Gasteiger partial charge in [0.15, 0.2) is 6.10 Å². The highest BCUT2D eigenvalue weighted by atomic mass is 79.9. The van der Waals surface area contributed by atoms with Crippen molar-refractivity contribution in [3.05, 3.63) is 33.8 Å². The van der Waals surface area contributed by atoms with Gasteiger partial charge in [0.25, 0.3) is 0 Å². The largest absolute Gasteiger partial charge is 0.416 e. The Balaban J connectivity index is 3.21. The molecule has 92 valence electrons. The minimum Gasteiger partial charge on any atom is -0.385 e. The van der Waals surface area contributed by atoms with Crippen molar-refractivity contribution in [2.75, 3.05) is 0 Å². The van der Waals surface area contributed by atoms with Gasteiger partial charge in [0.2, 0.25) is 0 Å². The van der Waals surface area contributed by atoms with Gasteiger partial charge in [-0.2, -0.15) is 18.4 Å². The Labute approximate surface area is 103 Å². The Hall–Kier alpha value is -1.10. The van der Waals surface area contributed by atoms with Crippen molar-refractivity contribution in [3.63, 3.8) is 0 Å². The maximum absolute atomic E-state index is 12.4. The Morgan fingerprint density at radius 1 is 1.29 bits per heavy atom. The Morgan fingerprint density at radius 2 is 1.88 bits per heavy atom. The summed E-state index contributed by atoms with van der Waals surface area (Å²) in [6.45, 7) is 0. The number of alkyl halides is 3. The van der Waals surface area contributed by atoms with E-state index in [2.05, 4.69) is 15.9 Å². The summed E-state index contributed by atoms with van der Waals surface area (Å²) in [5, 5.41) is 27.0. The highest BCUT2D eigenvalue weighted by Crippen LogP contribution is 2.34. The van der Waals surface area contributed by atoms with Crippen LogP contribution < -0.4 is 0 Å². The summed E-state index contributed by atoms with van der Waals surface area (Å²) in [6.07, 6.45) is -8.03. The number of hydrogen-bond donors (Lipinski definition) is 2. The maximum atomic E-state index is 12.4. The van der Waals surface area contributed by atoms with E-state index >= 15 is 0 Å². The van der Waals surface area contributed by atoms with E-state index in [0.29, 0.717) is 6.07 Å². The van der Waals surface area contributed by atoms with Gasteiger partial charge in [-0.15, -0.1) is 0 Å². The lowest BCUT2D eigenvalue weighted by Gasteiger charge is -2.16. The summed E-state index contributed by atoms with van der Waals surface area (Å²) in [5.41, 5.74) is -1.14. The van der Waals surface area contributed by atoms with E-state index in [1.807, 2.05) is 0 Å². The molecule has 0 aromatic heterocycles. The second kappa shape index (κ2) is 5.04. The van der Waals surface area contributed by atoms with Crippen molar-refractivity contribution in [1.82, 2.24) is 0 Å². The summed E-state index contributed by atoms with van der Waals surface area (Å²) in [7, 11) is 0. The average Bonchev–Trinajstić information content (AvgIpc) is 2.26. The molecule has 0 aliphatic carbocycles. The van der Waals surface area contributed by atoms with Crippen LogP contribution in [0.3, 0.4) is 0 Å². The SMILES string of the molecule is N#CC(O)C(O)c1cc(C(F)(F)F)ccc1Br. The minimum atomic E-state index is -4.55. The summed E-state index contributed by atoms with van der Waals surface area (Å²) in [4.78, 5) is 0. The predicted octanol–water partition coefficient (Wildman–Crippen LogP) is 2.39. The second-order valence-electron chi connectivity index (χ2n) is 3.25. The van der Waals surface area contributed by atoms with Crippen LogP contribution in [0.4, 0.5) is 13.2 Å². The summed E-state index contributed by atoms with van der Waals surface area (Å²) < 4.78 is 37.5. The first kappa shape index (κ1) is 14.0. The molecule has 1 rings (SSSR count). The normalized spacial score (nSPS) is 15.1. The topological polar surface area (TPSA) is 64.2 Å². The number of hydrogen-bond acceptors (Lipinski definition) is 3. The average molecular weight is 310 g/mol. The van der Waals surface area contributed by atoms with Crippen LogP contribution in [-0.4, -0.2) is 16.3 Å². The minimum absolute atomic E-state index is 0.186. The molecule has 0 aliphatic heterocycles. The van der Waals surface area contributed by atoms with Gasteiger partial charge in [-0.3, -0.25) is 0 Å². The van der Waals surface area contributed by atoms with Crippen LogP contribution in [0.5, 0.6) is 0 Å². The molecule has 7 heteroatoms. The van der Waals surface area contributed by atoms with Gasteiger partial charge in [-0.1, -0.05) is 15.9 Å². The van der Waals surface area contributed by atoms with E-state index in [9.17, 15) is 18.3 Å². The van der Waals surface area contributed by atoms with Crippen LogP contribution >= 0.6 is 15.9 Å². The van der Waals surface area contributed by atoms with Crippen LogP contribution in [0.1, 0.15) is 17.2 Å². The lowest BCUT2D eigenvalue weighted by Crippen LogP contribution is -2.17. The van der Waals surface area contributed by atoms with E-state index < -0.39 is 23.9 Å². The maximum Gasteiger partial charge on any atom is 0.416 e. The van der Waals surface area contributed by atoms with Crippen LogP contribution in [0.2, 0.25) is 0 Å². The van der Waals surface area contributed by atoms with Crippen LogP contribution in [0.15, 0.2) is 22.7 Å². The van der Waals surface area contributed by atoms with E-state index in [1.165, 1.54) is 6.07 Å². The molecule has 17 heavy (non-hydrogen) atoms. The molecule has 2 N–H and O–H groups in total. The van der Waals surface area contributed by atoms with Gasteiger partial charge >= 0.3 is 6.18 Å². The number of rotatable bonds is 2. The molecule has 1 aromatic rings. The molecule has 0 radical (unpaired) electrons. The lowest BCUT2D eigenvalue weighted by atomic mass is 10.0. The number of aliphatic hydroxyl groups is 2. The predicted molar refractivity (Wildman–Crippen MR) is 55.7 cm³/mol. The molecule has 0 heterocycles. The number of nitrogens with zero attached hydrogens (tertiary/aromatic N) is 1. The number of benzene rings is 1. The molecule has 2 unspecified atom stereocenters. The molecule has 3 nitrogen and oxygen atoms in total. The molecule has 0 amide bonds. The van der Waals surface area contributed by atoms with Gasteiger partial charge in [0.05, 0.1) is 11.6 Å². The lowest BCUT2D eigenvalue weighted by molar-refractivity contribution is -0.137. The Kier molecular flexibility index (Phi) is 4.14. The van der Waals surface area contributed by atoms with Crippen molar-refractivity contribution < 1.29 is 23.4 Å². The fraction of sp³-hybridized carbons (Fsp3) is 0.300. The fourth-order valence-electron chi connectivity index (χ4n) is 1.19. The first-order valence-corrected chi connectivity index (χ1v) is 5.19. The Morgan fingerprint density at radius 3 is 2.35 bits per heavy atom. The van der Waals surface area contributed by atoms with E-state index in [1.54, 1.807) is 0 Å². The monoisotopic (exact) mass is 309 g/mol. The zero-order valence-corrected chi connectivity index (χ0v) is 9.83. The van der Waals surface area contributed by atoms with Crippen molar-refractivity contribution in [2.45, 2.75) is 18.4 Å². The first-order valence-electron chi connectivity index (χ1n) is 4.39. The van der Waals surface area contributed by atoms with Gasteiger partial charge in [0, 0.05) is 4.47 Å². The standard InChI is InChI=1S/C10H7BrF3NO2/c11-7-2-1-5(10(12,13)14)3-6(7)9(17)8(16)4-15/h1-3,8-9,16-17H. The summed E-state index contributed by atoms with van der Waals surface area (Å²) >= 11 is 2.95. The quantitative estimate of drug-likeness (QED) is 0.824. The van der Waals surface area contributed by atoms with E-state index in [-0.39, 0.29) is 10.0 Å². The molecule has 0 aliphatic rings. The smallest absolute Gasteiger partial charge is 0.385 e. The number of aliphatic hydroxyl groups excluding tert-OH is 2. The van der Waals surface area contributed by atoms with Crippen molar-refractivity contribution in [3.8, 4) is 6.07 Å². The number of halogens is 4. The molecule has 1 aromatic carbocycles. The third-order valence-corrected chi connectivity index (χ3v) is 2.80. The fourth-order valence-corrected chi connectivity index (χ4v) is 1.67. The van der Waals surface area contributed by atoms with Gasteiger partial charge < -0.3 is 10.2 Å². The van der Waals surface area contributed by atoms with E-state index in [0.717, 1.165) is 12.1 Å². The summed E-state index contributed by atoms with van der Waals surface area (Å²) in [6, 6.07) is 3.98. The molecular weight excluding hydrogens is 303 g/mol. The van der Waals surface area contributed by atoms with Crippen LogP contribution in [-0.2, 0) is 6.18 Å². The zero-order chi connectivity index (χ0) is 13.2. The third-order valence-electron chi connectivity index (χ3n) is 2.07. The highest BCUT2D eigenvalue weighted by Gasteiger charge is 2.32. The molecule has 2 atom stereocenters. The molecule has 0 saturated heterocycles. The summed E-state index contributed by atoms with van der Waals surface area (Å²) in [5.74, 6) is 0. The molecule has 0 spiro atoms. The van der Waals surface area contributed by atoms with Crippen LogP contribution in [0.25, 0.3) is 0 Å². The van der Waals surface area contributed by atoms with Crippen molar-refractivity contribution >= 4 is 15.9 Å². The Bertz CT molecular complexity index is 456. The van der Waals surface area contributed by atoms with Crippen LogP contribution in [0, 0.1) is 11.3 Å². The molecule has 0 fully saturated rings. The zero-order valence-electron chi connectivity index (χ0n) is 8.24. The highest BCUT2D eigenvalue weighted by molar-refractivity contribution is 9.10. The number of nitriles is 1. The van der Waals surface area contributed by atoms with Gasteiger partial charge in [0.1, 0.15) is 6.10 Å². The molecule has 0 bridgehead atoms. The van der Waals surface area contributed by atoms with Crippen molar-refractivity contribution in [2.24, 2.45) is 0 Å². The van der Waals surface area contributed by atoms with Gasteiger partial charge in [-0.05, 0) is 23.8 Å². The first-order chi connectivity index (χ1) is 7.77. The van der Waals surface area contributed by atoms with E-state index in [4.69, 9.17) is 10.4 Å². The molecular formula is C10H7BrF3NO2. The third kappa shape index (κ3) is 3.19. The second-order valence-corrected chi connectivity index (χ2v) is 4.11. The van der Waals surface area contributed by atoms with Crippen molar-refractivity contribution in [1.29, 1.82) is 5.26 Å².